The van der Waals surface area contributed by atoms with Gasteiger partial charge in [-0.25, -0.2) is 4.79 Å². The molecule has 2 heterocycles. The molecule has 0 unspecified atom stereocenters. The highest BCUT2D eigenvalue weighted by atomic mass is 35.5. The third-order valence-electron chi connectivity index (χ3n) is 2.31. The molecule has 0 aliphatic carbocycles. The van der Waals surface area contributed by atoms with Crippen molar-refractivity contribution in [3.63, 3.8) is 0 Å². The number of rotatable bonds is 1. The van der Waals surface area contributed by atoms with Gasteiger partial charge in [-0.05, 0) is 12.1 Å². The first kappa shape index (κ1) is 14.2. The Morgan fingerprint density at radius 3 is 2.45 bits per heavy atom. The molecule has 2 aromatic heterocycles. The summed E-state index contributed by atoms with van der Waals surface area (Å²) in [6, 6.07) is 4.85. The molecule has 102 valence electrons. The van der Waals surface area contributed by atoms with Crippen LogP contribution in [0.3, 0.4) is 0 Å². The number of nitrogens with zero attached hydrogens (tertiary/aromatic N) is 3. The van der Waals surface area contributed by atoms with Gasteiger partial charge in [-0.15, -0.1) is 0 Å². The lowest BCUT2D eigenvalue weighted by Crippen LogP contribution is -2.00. The number of fused-ring (bicyclic) bond motifs is 1. The third-order valence-corrected chi connectivity index (χ3v) is 2.84. The second kappa shape index (κ2) is 6.31. The van der Waals surface area contributed by atoms with Crippen LogP contribution in [0.4, 0.5) is 0 Å². The number of benzene rings is 1. The Morgan fingerprint density at radius 2 is 1.90 bits per heavy atom. The molecular weight excluding hydrogens is 303 g/mol. The molecule has 0 saturated heterocycles. The van der Waals surface area contributed by atoms with Crippen LogP contribution >= 0.6 is 23.2 Å². The predicted molar refractivity (Wildman–Crippen MR) is 75.1 cm³/mol. The van der Waals surface area contributed by atoms with Gasteiger partial charge in [0.1, 0.15) is 5.56 Å². The smallest absolute Gasteiger partial charge is 0.339 e. The molecule has 1 aromatic carbocycles. The van der Waals surface area contributed by atoms with Crippen LogP contribution in [0.25, 0.3) is 10.9 Å². The van der Waals surface area contributed by atoms with Crippen molar-refractivity contribution in [3.05, 3.63) is 52.4 Å². The van der Waals surface area contributed by atoms with Crippen molar-refractivity contribution in [3.8, 4) is 0 Å². The van der Waals surface area contributed by atoms with Gasteiger partial charge in [-0.2, -0.15) is 15.4 Å². The number of carboxylic acids is 1. The zero-order chi connectivity index (χ0) is 14.5. The summed E-state index contributed by atoms with van der Waals surface area (Å²) >= 11 is 11.5. The number of hydrogen-bond donors (Lipinski definition) is 2. The van der Waals surface area contributed by atoms with E-state index in [9.17, 15) is 4.79 Å². The first-order valence-corrected chi connectivity index (χ1v) is 6.12. The Morgan fingerprint density at radius 1 is 1.20 bits per heavy atom. The number of aromatic nitrogens is 4. The highest BCUT2D eigenvalue weighted by Gasteiger charge is 2.14. The average Bonchev–Trinajstić information content (AvgIpc) is 2.97. The maximum absolute atomic E-state index is 11.0. The van der Waals surface area contributed by atoms with E-state index in [1.165, 1.54) is 12.3 Å². The Labute approximate surface area is 123 Å². The van der Waals surface area contributed by atoms with Gasteiger partial charge in [0.2, 0.25) is 0 Å². The van der Waals surface area contributed by atoms with Gasteiger partial charge in [0.15, 0.2) is 0 Å². The molecule has 8 heteroatoms. The number of aromatic amines is 1. The Kier molecular flexibility index (Phi) is 4.49. The van der Waals surface area contributed by atoms with Crippen molar-refractivity contribution in [2.75, 3.05) is 0 Å². The number of carbonyl (C=O) groups is 1. The first-order chi connectivity index (χ1) is 9.59. The van der Waals surface area contributed by atoms with Crippen LogP contribution in [0.15, 0.2) is 36.8 Å². The molecule has 0 radical (unpaired) electrons. The first-order valence-electron chi connectivity index (χ1n) is 5.36. The van der Waals surface area contributed by atoms with Crippen LogP contribution < -0.4 is 0 Å². The van der Waals surface area contributed by atoms with Gasteiger partial charge >= 0.3 is 5.97 Å². The van der Waals surface area contributed by atoms with E-state index >= 15 is 0 Å². The Hall–Kier alpha value is -2.18. The Balaban J connectivity index is 0.000000247. The maximum Gasteiger partial charge on any atom is 0.339 e. The van der Waals surface area contributed by atoms with Gasteiger partial charge in [-0.1, -0.05) is 29.3 Å². The van der Waals surface area contributed by atoms with Crippen molar-refractivity contribution in [1.82, 2.24) is 20.4 Å². The van der Waals surface area contributed by atoms with Crippen molar-refractivity contribution in [2.24, 2.45) is 0 Å². The van der Waals surface area contributed by atoms with E-state index in [4.69, 9.17) is 28.3 Å². The number of H-pyrrole nitrogens is 1. The summed E-state index contributed by atoms with van der Waals surface area (Å²) < 4.78 is 0. The summed E-state index contributed by atoms with van der Waals surface area (Å²) in [5.41, 5.74) is 0.352. The standard InChI is InChI=1S/C10H5Cl2NO2.C2H3N3/c11-6-3-5-1-2-7(12)8(10(14)15)9(5)13-4-6;1-2-4-5-3-1/h1-4H,(H,14,15);1-2H,(H,3,4,5). The van der Waals surface area contributed by atoms with Gasteiger partial charge in [-0.3, -0.25) is 4.98 Å². The van der Waals surface area contributed by atoms with Crippen molar-refractivity contribution < 1.29 is 9.90 Å². The molecule has 3 aromatic rings. The van der Waals surface area contributed by atoms with E-state index in [-0.39, 0.29) is 10.6 Å². The van der Waals surface area contributed by atoms with E-state index in [0.29, 0.717) is 15.9 Å². The number of aromatic carboxylic acids is 1. The number of carboxylic acid groups (broad SMARTS) is 1. The van der Waals surface area contributed by atoms with Crippen LogP contribution in [0, 0.1) is 0 Å². The van der Waals surface area contributed by atoms with Crippen LogP contribution in [0.1, 0.15) is 10.4 Å². The summed E-state index contributed by atoms with van der Waals surface area (Å²) in [7, 11) is 0. The van der Waals surface area contributed by atoms with Crippen LogP contribution in [-0.2, 0) is 0 Å². The van der Waals surface area contributed by atoms with Gasteiger partial charge < -0.3 is 5.11 Å². The minimum absolute atomic E-state index is 0.00540. The molecule has 0 spiro atoms. The normalized spacial score (nSPS) is 9.90. The van der Waals surface area contributed by atoms with Crippen LogP contribution in [0.5, 0.6) is 0 Å². The van der Waals surface area contributed by atoms with Crippen LogP contribution in [0.2, 0.25) is 10.0 Å². The zero-order valence-electron chi connectivity index (χ0n) is 9.92. The Bertz CT molecular complexity index is 714. The van der Waals surface area contributed by atoms with Gasteiger partial charge in [0.25, 0.3) is 0 Å². The fourth-order valence-corrected chi connectivity index (χ4v) is 1.92. The molecule has 0 atom stereocenters. The number of nitrogens with one attached hydrogen (secondary N) is 1. The van der Waals surface area contributed by atoms with Crippen LogP contribution in [-0.4, -0.2) is 31.5 Å². The molecule has 0 aliphatic heterocycles. The molecule has 0 aliphatic rings. The van der Waals surface area contributed by atoms with Crippen molar-refractivity contribution in [2.45, 2.75) is 0 Å². The van der Waals surface area contributed by atoms with E-state index in [1.54, 1.807) is 24.5 Å². The second-order valence-corrected chi connectivity index (χ2v) is 4.45. The third kappa shape index (κ3) is 3.23. The molecular formula is C12H8Cl2N4O2. The molecule has 0 amide bonds. The fraction of sp³-hybridized carbons (Fsp3) is 0. The second-order valence-electron chi connectivity index (χ2n) is 3.61. The molecule has 2 N–H and O–H groups in total. The molecule has 0 fully saturated rings. The quantitative estimate of drug-likeness (QED) is 0.720. The molecule has 3 rings (SSSR count). The number of halogens is 2. The summed E-state index contributed by atoms with van der Waals surface area (Å²) in [4.78, 5) is 14.9. The molecule has 0 saturated carbocycles. The lowest BCUT2D eigenvalue weighted by atomic mass is 10.1. The highest BCUT2D eigenvalue weighted by Crippen LogP contribution is 2.26. The summed E-state index contributed by atoms with van der Waals surface area (Å²) in [5.74, 6) is -1.10. The molecule has 20 heavy (non-hydrogen) atoms. The summed E-state index contributed by atoms with van der Waals surface area (Å²) in [6.45, 7) is 0. The van der Waals surface area contributed by atoms with E-state index in [1.807, 2.05) is 0 Å². The topological polar surface area (TPSA) is 91.8 Å². The van der Waals surface area contributed by atoms with Crippen molar-refractivity contribution in [1.29, 1.82) is 0 Å². The highest BCUT2D eigenvalue weighted by molar-refractivity contribution is 6.35. The molecule has 0 bridgehead atoms. The lowest BCUT2D eigenvalue weighted by Gasteiger charge is -2.03. The van der Waals surface area contributed by atoms with Crippen molar-refractivity contribution >= 4 is 40.1 Å². The fourth-order valence-electron chi connectivity index (χ4n) is 1.52. The lowest BCUT2D eigenvalue weighted by molar-refractivity contribution is 0.0699. The minimum Gasteiger partial charge on any atom is -0.478 e. The zero-order valence-corrected chi connectivity index (χ0v) is 11.4. The SMILES string of the molecule is O=C(O)c1c(Cl)ccc2cc(Cl)cnc12.c1cn[nH]n1. The van der Waals surface area contributed by atoms with E-state index in [0.717, 1.165) is 0 Å². The van der Waals surface area contributed by atoms with Gasteiger partial charge in [0.05, 0.1) is 28.0 Å². The van der Waals surface area contributed by atoms with E-state index in [2.05, 4.69) is 20.4 Å². The minimum atomic E-state index is -1.10. The summed E-state index contributed by atoms with van der Waals surface area (Å²) in [5, 5.41) is 19.6. The molecule has 6 nitrogen and oxygen atoms in total. The predicted octanol–water partition coefficient (Wildman–Crippen LogP) is 3.04. The number of hydrogen-bond acceptors (Lipinski definition) is 4. The largest absolute Gasteiger partial charge is 0.478 e. The number of pyridine rings is 1. The van der Waals surface area contributed by atoms with E-state index < -0.39 is 5.97 Å². The van der Waals surface area contributed by atoms with Gasteiger partial charge in [0, 0.05) is 11.6 Å². The summed E-state index contributed by atoms with van der Waals surface area (Å²) in [6.07, 6.45) is 4.56. The average molecular weight is 311 g/mol. The maximum atomic E-state index is 11.0. The monoisotopic (exact) mass is 310 g/mol.